The first-order valence-electron chi connectivity index (χ1n) is 8.88. The van der Waals surface area contributed by atoms with Crippen LogP contribution in [0, 0.1) is 0 Å². The van der Waals surface area contributed by atoms with Crippen molar-refractivity contribution in [2.24, 2.45) is 5.10 Å². The lowest BCUT2D eigenvalue weighted by atomic mass is 10.2. The largest absolute Gasteiger partial charge is 0.463 e. The molecule has 0 spiro atoms. The molecule has 0 radical (unpaired) electrons. The number of halogens is 1. The van der Waals surface area contributed by atoms with Crippen LogP contribution in [-0.2, 0) is 4.79 Å². The summed E-state index contributed by atoms with van der Waals surface area (Å²) in [5.41, 5.74) is 3.49. The summed E-state index contributed by atoms with van der Waals surface area (Å²) >= 11 is 4.56. The van der Waals surface area contributed by atoms with Gasteiger partial charge in [-0.3, -0.25) is 14.2 Å². The topological polar surface area (TPSA) is 89.5 Å². The number of para-hydroxylation sites is 1. The van der Waals surface area contributed by atoms with Crippen molar-refractivity contribution in [1.82, 2.24) is 15.0 Å². The van der Waals surface area contributed by atoms with Gasteiger partial charge in [-0.2, -0.15) is 5.10 Å². The Hall–Kier alpha value is -3.17. The van der Waals surface area contributed by atoms with Crippen molar-refractivity contribution in [1.29, 1.82) is 0 Å². The van der Waals surface area contributed by atoms with Crippen molar-refractivity contribution < 1.29 is 9.21 Å². The summed E-state index contributed by atoms with van der Waals surface area (Å²) in [4.78, 5) is 29.9. The van der Waals surface area contributed by atoms with E-state index in [-0.39, 0.29) is 17.2 Å². The minimum atomic E-state index is -0.326. The van der Waals surface area contributed by atoms with Gasteiger partial charge in [0.1, 0.15) is 5.76 Å². The number of hydrogen-bond acceptors (Lipinski definition) is 6. The van der Waals surface area contributed by atoms with Crippen LogP contribution in [0.25, 0.3) is 16.6 Å². The number of fused-ring (bicyclic) bond motifs is 1. The molecule has 0 saturated heterocycles. The fourth-order valence-corrected chi connectivity index (χ4v) is 3.79. The lowest BCUT2D eigenvalue weighted by Gasteiger charge is -2.13. The molecule has 0 saturated carbocycles. The van der Waals surface area contributed by atoms with Crippen LogP contribution in [0.15, 0.2) is 90.9 Å². The molecule has 7 nitrogen and oxygen atoms in total. The van der Waals surface area contributed by atoms with Crippen molar-refractivity contribution >= 4 is 50.7 Å². The van der Waals surface area contributed by atoms with Gasteiger partial charge in [-0.1, -0.05) is 39.8 Å². The lowest BCUT2D eigenvalue weighted by Crippen LogP contribution is -2.24. The van der Waals surface area contributed by atoms with Crippen molar-refractivity contribution in [3.8, 4) is 5.69 Å². The molecule has 0 fully saturated rings. The zero-order chi connectivity index (χ0) is 20.9. The average Bonchev–Trinajstić information content (AvgIpc) is 3.27. The molecule has 0 aliphatic heterocycles. The van der Waals surface area contributed by atoms with Gasteiger partial charge in [0.2, 0.25) is 0 Å². The van der Waals surface area contributed by atoms with E-state index in [2.05, 4.69) is 31.4 Å². The fourth-order valence-electron chi connectivity index (χ4n) is 2.72. The number of thioether (sulfide) groups is 1. The Labute approximate surface area is 183 Å². The molecule has 4 rings (SSSR count). The number of nitrogens with zero attached hydrogens (tertiary/aromatic N) is 3. The summed E-state index contributed by atoms with van der Waals surface area (Å²) in [7, 11) is 0. The molecule has 30 heavy (non-hydrogen) atoms. The summed E-state index contributed by atoms with van der Waals surface area (Å²) in [5.74, 6) is 0.243. The summed E-state index contributed by atoms with van der Waals surface area (Å²) in [6.07, 6.45) is 2.93. The highest BCUT2D eigenvalue weighted by Gasteiger charge is 2.14. The standard InChI is InChI=1S/C21H15BrN4O3S/c22-14-7-9-15(10-8-14)26-20(28)17-5-1-2-6-18(17)24-21(26)30-13-19(27)25-23-12-16-4-3-11-29-16/h1-12H,13H2,(H,25,27). The van der Waals surface area contributed by atoms with Gasteiger partial charge >= 0.3 is 0 Å². The summed E-state index contributed by atoms with van der Waals surface area (Å²) in [5, 5.41) is 4.79. The van der Waals surface area contributed by atoms with Gasteiger partial charge in [-0.05, 0) is 48.5 Å². The van der Waals surface area contributed by atoms with E-state index >= 15 is 0 Å². The maximum Gasteiger partial charge on any atom is 0.266 e. The normalized spacial score (nSPS) is 11.2. The van der Waals surface area contributed by atoms with Crippen LogP contribution in [0.2, 0.25) is 0 Å². The highest BCUT2D eigenvalue weighted by molar-refractivity contribution is 9.10. The van der Waals surface area contributed by atoms with Crippen LogP contribution >= 0.6 is 27.7 Å². The van der Waals surface area contributed by atoms with Crippen LogP contribution in [0.1, 0.15) is 5.76 Å². The van der Waals surface area contributed by atoms with E-state index < -0.39 is 0 Å². The van der Waals surface area contributed by atoms with E-state index in [1.54, 1.807) is 30.3 Å². The summed E-state index contributed by atoms with van der Waals surface area (Å²) in [6.45, 7) is 0. The molecule has 0 unspecified atom stereocenters. The molecule has 9 heteroatoms. The van der Waals surface area contributed by atoms with Crippen LogP contribution in [0.4, 0.5) is 0 Å². The van der Waals surface area contributed by atoms with Crippen molar-refractivity contribution in [2.45, 2.75) is 5.16 Å². The smallest absolute Gasteiger partial charge is 0.266 e. The van der Waals surface area contributed by atoms with Gasteiger partial charge in [-0.15, -0.1) is 0 Å². The van der Waals surface area contributed by atoms with Crippen LogP contribution in [-0.4, -0.2) is 27.4 Å². The third-order valence-corrected chi connectivity index (χ3v) is 5.55. The Bertz CT molecular complexity index is 1270. The van der Waals surface area contributed by atoms with E-state index in [0.717, 1.165) is 16.2 Å². The number of benzene rings is 2. The first-order chi connectivity index (χ1) is 14.6. The number of nitrogens with one attached hydrogen (secondary N) is 1. The second-order valence-corrected chi connectivity index (χ2v) is 7.98. The van der Waals surface area contributed by atoms with Gasteiger partial charge in [0, 0.05) is 4.47 Å². The number of hydrazone groups is 1. The highest BCUT2D eigenvalue weighted by atomic mass is 79.9. The molecule has 2 aromatic heterocycles. The van der Waals surface area contributed by atoms with Gasteiger partial charge in [0.25, 0.3) is 11.5 Å². The fraction of sp³-hybridized carbons (Fsp3) is 0.0476. The molecule has 1 amide bonds. The molecule has 0 aliphatic carbocycles. The molecule has 150 valence electrons. The van der Waals surface area contributed by atoms with Crippen LogP contribution < -0.4 is 11.0 Å². The maximum atomic E-state index is 13.1. The Morgan fingerprint density at radius 3 is 2.73 bits per heavy atom. The van der Waals surface area contributed by atoms with Gasteiger partial charge in [0.05, 0.1) is 34.8 Å². The van der Waals surface area contributed by atoms with Crippen LogP contribution in [0.5, 0.6) is 0 Å². The quantitative estimate of drug-likeness (QED) is 0.194. The van der Waals surface area contributed by atoms with E-state index in [1.165, 1.54) is 17.0 Å². The van der Waals surface area contributed by atoms with Gasteiger partial charge in [-0.25, -0.2) is 10.4 Å². The van der Waals surface area contributed by atoms with E-state index in [9.17, 15) is 9.59 Å². The molecule has 0 bridgehead atoms. The Balaban J connectivity index is 1.60. The second-order valence-electron chi connectivity index (χ2n) is 6.13. The first kappa shape index (κ1) is 20.1. The summed E-state index contributed by atoms with van der Waals surface area (Å²) < 4.78 is 7.53. The predicted molar refractivity (Wildman–Crippen MR) is 120 cm³/mol. The minimum absolute atomic E-state index is 0.0385. The number of carbonyl (C=O) groups is 1. The molecule has 2 aromatic carbocycles. The summed E-state index contributed by atoms with van der Waals surface area (Å²) in [6, 6.07) is 17.9. The maximum absolute atomic E-state index is 13.1. The Kier molecular flexibility index (Phi) is 6.10. The third kappa shape index (κ3) is 4.52. The molecule has 1 N–H and O–H groups in total. The monoisotopic (exact) mass is 482 g/mol. The predicted octanol–water partition coefficient (Wildman–Crippen LogP) is 3.98. The molecule has 0 aliphatic rings. The lowest BCUT2D eigenvalue weighted by molar-refractivity contribution is -0.118. The third-order valence-electron chi connectivity index (χ3n) is 4.09. The number of aromatic nitrogens is 2. The van der Waals surface area contributed by atoms with E-state index in [0.29, 0.717) is 27.5 Å². The molecule has 0 atom stereocenters. The zero-order valence-corrected chi connectivity index (χ0v) is 17.9. The molecular formula is C21H15BrN4O3S. The van der Waals surface area contributed by atoms with Crippen LogP contribution in [0.3, 0.4) is 0 Å². The zero-order valence-electron chi connectivity index (χ0n) is 15.5. The Morgan fingerprint density at radius 2 is 1.97 bits per heavy atom. The minimum Gasteiger partial charge on any atom is -0.463 e. The average molecular weight is 483 g/mol. The van der Waals surface area contributed by atoms with Crippen molar-refractivity contribution in [3.63, 3.8) is 0 Å². The number of amides is 1. The van der Waals surface area contributed by atoms with E-state index in [1.807, 2.05) is 30.3 Å². The number of rotatable bonds is 6. The molecule has 4 aromatic rings. The highest BCUT2D eigenvalue weighted by Crippen LogP contribution is 2.22. The SMILES string of the molecule is O=C(CSc1nc2ccccc2c(=O)n1-c1ccc(Br)cc1)NN=Cc1ccco1. The second kappa shape index (κ2) is 9.10. The Morgan fingerprint density at radius 1 is 1.17 bits per heavy atom. The van der Waals surface area contributed by atoms with Crippen molar-refractivity contribution in [3.05, 3.63) is 87.5 Å². The number of furan rings is 1. The van der Waals surface area contributed by atoms with E-state index in [4.69, 9.17) is 4.42 Å². The van der Waals surface area contributed by atoms with Gasteiger partial charge in [0.15, 0.2) is 5.16 Å². The molecular weight excluding hydrogens is 468 g/mol. The first-order valence-corrected chi connectivity index (χ1v) is 10.7. The van der Waals surface area contributed by atoms with Gasteiger partial charge < -0.3 is 4.42 Å². The number of carbonyl (C=O) groups excluding carboxylic acids is 1. The molecule has 2 heterocycles. The van der Waals surface area contributed by atoms with Crippen molar-refractivity contribution in [2.75, 3.05) is 5.75 Å². The number of hydrogen-bond donors (Lipinski definition) is 1.